The van der Waals surface area contributed by atoms with Crippen molar-refractivity contribution in [1.29, 1.82) is 0 Å². The summed E-state index contributed by atoms with van der Waals surface area (Å²) in [5, 5.41) is 6.70. The van der Waals surface area contributed by atoms with Gasteiger partial charge < -0.3 is 15.6 Å². The Morgan fingerprint density at radius 3 is 2.55 bits per heavy atom. The maximum absolute atomic E-state index is 4.56. The molecular formula is C14H24N6. The maximum atomic E-state index is 4.56. The standard InChI is InChI=1S/C14H24N6/c1-4-7-10(8-5-2)18-13-11-12(17-9-16-11)19-14(20-13)15-6-3/h9-10H,4-8H2,1-3H3,(H3,15,16,17,18,19,20). The lowest BCUT2D eigenvalue weighted by atomic mass is 10.1. The Morgan fingerprint density at radius 2 is 1.90 bits per heavy atom. The van der Waals surface area contributed by atoms with Gasteiger partial charge in [-0.05, 0) is 19.8 Å². The summed E-state index contributed by atoms with van der Waals surface area (Å²) in [6.45, 7) is 7.24. The molecule has 0 atom stereocenters. The van der Waals surface area contributed by atoms with Crippen molar-refractivity contribution in [1.82, 2.24) is 19.9 Å². The van der Waals surface area contributed by atoms with E-state index in [0.29, 0.717) is 17.6 Å². The molecule has 110 valence electrons. The van der Waals surface area contributed by atoms with E-state index in [0.717, 1.165) is 43.6 Å². The minimum atomic E-state index is 0.445. The Labute approximate surface area is 119 Å². The van der Waals surface area contributed by atoms with Crippen LogP contribution in [0.3, 0.4) is 0 Å². The first-order chi connectivity index (χ1) is 9.78. The van der Waals surface area contributed by atoms with Crippen molar-refractivity contribution in [2.45, 2.75) is 52.5 Å². The third-order valence-corrected chi connectivity index (χ3v) is 3.24. The molecule has 3 N–H and O–H groups in total. The van der Waals surface area contributed by atoms with Crippen LogP contribution in [0, 0.1) is 0 Å². The number of aromatic nitrogens is 4. The van der Waals surface area contributed by atoms with E-state index in [1.165, 1.54) is 0 Å². The minimum absolute atomic E-state index is 0.445. The Hall–Kier alpha value is -1.85. The van der Waals surface area contributed by atoms with Crippen LogP contribution < -0.4 is 10.6 Å². The monoisotopic (exact) mass is 276 g/mol. The molecule has 0 bridgehead atoms. The van der Waals surface area contributed by atoms with Gasteiger partial charge in [0.2, 0.25) is 5.95 Å². The van der Waals surface area contributed by atoms with E-state index < -0.39 is 0 Å². The molecule has 0 radical (unpaired) electrons. The van der Waals surface area contributed by atoms with Gasteiger partial charge in [0.25, 0.3) is 0 Å². The van der Waals surface area contributed by atoms with Crippen LogP contribution in [0.1, 0.15) is 46.5 Å². The minimum Gasteiger partial charge on any atom is -0.365 e. The van der Waals surface area contributed by atoms with Gasteiger partial charge in [0.1, 0.15) is 5.52 Å². The number of fused-ring (bicyclic) bond motifs is 1. The highest BCUT2D eigenvalue weighted by atomic mass is 15.2. The molecule has 2 rings (SSSR count). The molecule has 6 nitrogen and oxygen atoms in total. The number of H-pyrrole nitrogens is 1. The van der Waals surface area contributed by atoms with E-state index in [1.807, 2.05) is 6.92 Å². The first kappa shape index (κ1) is 14.6. The number of hydrogen-bond donors (Lipinski definition) is 3. The molecule has 0 aliphatic carbocycles. The molecule has 0 fully saturated rings. The number of imidazole rings is 1. The molecular weight excluding hydrogens is 252 g/mol. The number of nitrogens with zero attached hydrogens (tertiary/aromatic N) is 3. The van der Waals surface area contributed by atoms with E-state index in [1.54, 1.807) is 6.33 Å². The van der Waals surface area contributed by atoms with Crippen LogP contribution in [0.5, 0.6) is 0 Å². The first-order valence-electron chi connectivity index (χ1n) is 7.49. The van der Waals surface area contributed by atoms with Crippen molar-refractivity contribution in [3.63, 3.8) is 0 Å². The summed E-state index contributed by atoms with van der Waals surface area (Å²) >= 11 is 0. The Kier molecular flexibility index (Phi) is 5.15. The maximum Gasteiger partial charge on any atom is 0.226 e. The molecule has 2 aromatic rings. The Bertz CT molecular complexity index is 529. The van der Waals surface area contributed by atoms with Gasteiger partial charge >= 0.3 is 0 Å². The average Bonchev–Trinajstić information content (AvgIpc) is 2.88. The van der Waals surface area contributed by atoms with Gasteiger partial charge in [0.15, 0.2) is 11.5 Å². The Morgan fingerprint density at radius 1 is 1.15 bits per heavy atom. The summed E-state index contributed by atoms with van der Waals surface area (Å²) in [6.07, 6.45) is 6.27. The zero-order chi connectivity index (χ0) is 14.4. The van der Waals surface area contributed by atoms with Gasteiger partial charge in [0, 0.05) is 12.6 Å². The van der Waals surface area contributed by atoms with Gasteiger partial charge in [-0.25, -0.2) is 4.98 Å². The summed E-state index contributed by atoms with van der Waals surface area (Å²) in [6, 6.07) is 0.445. The molecule has 0 spiro atoms. The molecule has 0 aliphatic heterocycles. The molecule has 0 aromatic carbocycles. The van der Waals surface area contributed by atoms with Crippen molar-refractivity contribution in [2.24, 2.45) is 0 Å². The van der Waals surface area contributed by atoms with Crippen molar-refractivity contribution in [3.05, 3.63) is 6.33 Å². The van der Waals surface area contributed by atoms with Crippen LogP contribution in [0.2, 0.25) is 0 Å². The van der Waals surface area contributed by atoms with Crippen molar-refractivity contribution < 1.29 is 0 Å². The smallest absolute Gasteiger partial charge is 0.226 e. The zero-order valence-corrected chi connectivity index (χ0v) is 12.5. The second-order valence-electron chi connectivity index (χ2n) is 4.95. The van der Waals surface area contributed by atoms with E-state index >= 15 is 0 Å². The van der Waals surface area contributed by atoms with E-state index in [-0.39, 0.29) is 0 Å². The zero-order valence-electron chi connectivity index (χ0n) is 12.5. The SMILES string of the molecule is CCCC(CCC)Nc1nc(NCC)nc2nc[nH]c12. The topological polar surface area (TPSA) is 78.5 Å². The van der Waals surface area contributed by atoms with Crippen LogP contribution in [0.15, 0.2) is 6.33 Å². The third-order valence-electron chi connectivity index (χ3n) is 3.24. The summed E-state index contributed by atoms with van der Waals surface area (Å²) in [7, 11) is 0. The highest BCUT2D eigenvalue weighted by molar-refractivity contribution is 5.83. The summed E-state index contributed by atoms with van der Waals surface area (Å²) in [5.74, 6) is 1.47. The van der Waals surface area contributed by atoms with Crippen LogP contribution >= 0.6 is 0 Å². The largest absolute Gasteiger partial charge is 0.365 e. The number of aromatic amines is 1. The molecule has 2 heterocycles. The lowest BCUT2D eigenvalue weighted by Gasteiger charge is -2.18. The second-order valence-corrected chi connectivity index (χ2v) is 4.95. The van der Waals surface area contributed by atoms with Gasteiger partial charge in [-0.1, -0.05) is 26.7 Å². The van der Waals surface area contributed by atoms with Crippen molar-refractivity contribution >= 4 is 22.9 Å². The van der Waals surface area contributed by atoms with Crippen molar-refractivity contribution in [2.75, 3.05) is 17.2 Å². The normalized spacial score (nSPS) is 11.2. The molecule has 20 heavy (non-hydrogen) atoms. The van der Waals surface area contributed by atoms with E-state index in [4.69, 9.17) is 0 Å². The molecule has 0 unspecified atom stereocenters. The second kappa shape index (κ2) is 7.07. The lowest BCUT2D eigenvalue weighted by Crippen LogP contribution is -2.20. The lowest BCUT2D eigenvalue weighted by molar-refractivity contribution is 0.585. The first-order valence-corrected chi connectivity index (χ1v) is 7.49. The summed E-state index contributed by atoms with van der Waals surface area (Å²) in [4.78, 5) is 16.3. The molecule has 2 aromatic heterocycles. The van der Waals surface area contributed by atoms with Crippen LogP contribution in [-0.2, 0) is 0 Å². The van der Waals surface area contributed by atoms with Gasteiger partial charge in [-0.15, -0.1) is 0 Å². The number of hydrogen-bond acceptors (Lipinski definition) is 5. The molecule has 0 saturated heterocycles. The van der Waals surface area contributed by atoms with Crippen LogP contribution in [0.4, 0.5) is 11.8 Å². The third kappa shape index (κ3) is 3.37. The number of nitrogens with one attached hydrogen (secondary N) is 3. The number of rotatable bonds is 8. The molecule has 6 heteroatoms. The summed E-state index contributed by atoms with van der Waals surface area (Å²) < 4.78 is 0. The fourth-order valence-corrected chi connectivity index (χ4v) is 2.35. The summed E-state index contributed by atoms with van der Waals surface area (Å²) in [5.41, 5.74) is 1.58. The Balaban J connectivity index is 2.28. The van der Waals surface area contributed by atoms with E-state index in [2.05, 4.69) is 44.4 Å². The van der Waals surface area contributed by atoms with Crippen molar-refractivity contribution in [3.8, 4) is 0 Å². The highest BCUT2D eigenvalue weighted by Crippen LogP contribution is 2.21. The average molecular weight is 276 g/mol. The predicted molar refractivity (Wildman–Crippen MR) is 83.1 cm³/mol. The van der Waals surface area contributed by atoms with E-state index in [9.17, 15) is 0 Å². The van der Waals surface area contributed by atoms with Crippen LogP contribution in [0.25, 0.3) is 11.2 Å². The fraction of sp³-hybridized carbons (Fsp3) is 0.643. The quantitative estimate of drug-likeness (QED) is 0.690. The molecule has 0 saturated carbocycles. The van der Waals surface area contributed by atoms with Gasteiger partial charge in [0.05, 0.1) is 6.33 Å². The predicted octanol–water partition coefficient (Wildman–Crippen LogP) is 3.17. The number of anilines is 2. The molecule has 0 amide bonds. The van der Waals surface area contributed by atoms with Crippen LogP contribution in [-0.4, -0.2) is 32.5 Å². The molecule has 0 aliphatic rings. The highest BCUT2D eigenvalue weighted by Gasteiger charge is 2.13. The van der Waals surface area contributed by atoms with Gasteiger partial charge in [-0.3, -0.25) is 0 Å². The fourth-order valence-electron chi connectivity index (χ4n) is 2.35. The van der Waals surface area contributed by atoms with Gasteiger partial charge in [-0.2, -0.15) is 9.97 Å².